The van der Waals surface area contributed by atoms with Gasteiger partial charge in [0.05, 0.1) is 11.9 Å². The molecule has 1 N–H and O–H groups in total. The van der Waals surface area contributed by atoms with Crippen molar-refractivity contribution < 1.29 is 9.52 Å². The zero-order valence-corrected chi connectivity index (χ0v) is 10.8. The first-order chi connectivity index (χ1) is 8.67. The highest BCUT2D eigenvalue weighted by Gasteiger charge is 2.36. The minimum Gasteiger partial charge on any atom is -0.469 e. The molecule has 3 rings (SSSR count). The van der Waals surface area contributed by atoms with Crippen molar-refractivity contribution in [2.75, 3.05) is 0 Å². The van der Waals surface area contributed by atoms with Gasteiger partial charge in [-0.3, -0.25) is 0 Å². The van der Waals surface area contributed by atoms with E-state index >= 15 is 0 Å². The highest BCUT2D eigenvalue weighted by Crippen LogP contribution is 2.38. The maximum Gasteiger partial charge on any atom is 0.109 e. The fraction of sp³-hybridized carbons (Fsp3) is 0.333. The molecule has 0 saturated carbocycles. The second kappa shape index (κ2) is 4.45. The Morgan fingerprint density at radius 1 is 1.33 bits per heavy atom. The summed E-state index contributed by atoms with van der Waals surface area (Å²) in [6.07, 6.45) is 4.89. The molecule has 1 unspecified atom stereocenters. The van der Waals surface area contributed by atoms with Crippen molar-refractivity contribution in [1.82, 2.24) is 0 Å². The molecular formula is C15H15ClO2. The Hall–Kier alpha value is -1.25. The maximum atomic E-state index is 10.9. The predicted octanol–water partition coefficient (Wildman–Crippen LogP) is 3.70. The molecule has 3 heteroatoms. The molecule has 2 aromatic rings. The Bertz CT molecular complexity index is 561. The maximum absolute atomic E-state index is 10.9. The quantitative estimate of drug-likeness (QED) is 0.895. The van der Waals surface area contributed by atoms with E-state index in [9.17, 15) is 5.11 Å². The lowest BCUT2D eigenvalue weighted by atomic mass is 9.79. The topological polar surface area (TPSA) is 33.4 Å². The van der Waals surface area contributed by atoms with Crippen LogP contribution in [0.4, 0.5) is 0 Å². The molecule has 0 radical (unpaired) electrons. The number of hydrogen-bond donors (Lipinski definition) is 1. The van der Waals surface area contributed by atoms with Crippen LogP contribution in [0.2, 0.25) is 5.02 Å². The van der Waals surface area contributed by atoms with Gasteiger partial charge in [0.2, 0.25) is 0 Å². The van der Waals surface area contributed by atoms with E-state index in [1.165, 1.54) is 0 Å². The lowest BCUT2D eigenvalue weighted by Gasteiger charge is -2.31. The number of rotatable bonds is 2. The van der Waals surface area contributed by atoms with Gasteiger partial charge in [0.1, 0.15) is 5.76 Å². The molecule has 2 nitrogen and oxygen atoms in total. The minimum atomic E-state index is -0.814. The first-order valence-corrected chi connectivity index (χ1v) is 6.59. The SMILES string of the molecule is OC1(Cc2cccc(Cl)c2)CCCc2occc21. The highest BCUT2D eigenvalue weighted by atomic mass is 35.5. The Morgan fingerprint density at radius 2 is 2.22 bits per heavy atom. The molecule has 18 heavy (non-hydrogen) atoms. The van der Waals surface area contributed by atoms with Gasteiger partial charge in [-0.1, -0.05) is 23.7 Å². The van der Waals surface area contributed by atoms with Crippen LogP contribution in [0.25, 0.3) is 0 Å². The molecule has 94 valence electrons. The van der Waals surface area contributed by atoms with Crippen molar-refractivity contribution in [1.29, 1.82) is 0 Å². The summed E-state index contributed by atoms with van der Waals surface area (Å²) in [5.74, 6) is 0.922. The Morgan fingerprint density at radius 3 is 3.06 bits per heavy atom. The van der Waals surface area contributed by atoms with E-state index in [1.54, 1.807) is 6.26 Å². The van der Waals surface area contributed by atoms with Gasteiger partial charge in [-0.15, -0.1) is 0 Å². The summed E-state index contributed by atoms with van der Waals surface area (Å²) in [6, 6.07) is 9.56. The minimum absolute atomic E-state index is 0.583. The third kappa shape index (κ3) is 2.06. The lowest BCUT2D eigenvalue weighted by molar-refractivity contribution is 0.0169. The van der Waals surface area contributed by atoms with Crippen LogP contribution in [0.1, 0.15) is 29.7 Å². The highest BCUT2D eigenvalue weighted by molar-refractivity contribution is 6.30. The third-order valence-electron chi connectivity index (χ3n) is 3.63. The summed E-state index contributed by atoms with van der Waals surface area (Å²) in [4.78, 5) is 0. The smallest absolute Gasteiger partial charge is 0.109 e. The van der Waals surface area contributed by atoms with Crippen molar-refractivity contribution in [2.24, 2.45) is 0 Å². The summed E-state index contributed by atoms with van der Waals surface area (Å²) in [7, 11) is 0. The number of halogens is 1. The molecule has 0 spiro atoms. The summed E-state index contributed by atoms with van der Waals surface area (Å²) in [5.41, 5.74) is 1.18. The molecule has 1 heterocycles. The van der Waals surface area contributed by atoms with Gasteiger partial charge in [0, 0.05) is 23.4 Å². The zero-order chi connectivity index (χ0) is 12.6. The molecule has 0 aliphatic heterocycles. The average Bonchev–Trinajstić information content (AvgIpc) is 2.78. The van der Waals surface area contributed by atoms with E-state index < -0.39 is 5.60 Å². The van der Waals surface area contributed by atoms with Gasteiger partial charge in [0.25, 0.3) is 0 Å². The predicted molar refractivity (Wildman–Crippen MR) is 70.7 cm³/mol. The van der Waals surface area contributed by atoms with Crippen LogP contribution in [0, 0.1) is 0 Å². The second-order valence-corrected chi connectivity index (χ2v) is 5.39. The van der Waals surface area contributed by atoms with Crippen LogP contribution in [-0.2, 0) is 18.4 Å². The normalized spacial score (nSPS) is 22.8. The molecular weight excluding hydrogens is 248 g/mol. The molecule has 1 aliphatic rings. The van der Waals surface area contributed by atoms with Crippen molar-refractivity contribution in [3.8, 4) is 0 Å². The summed E-state index contributed by atoms with van der Waals surface area (Å²) < 4.78 is 5.43. The van der Waals surface area contributed by atoms with Crippen LogP contribution in [0.3, 0.4) is 0 Å². The average molecular weight is 263 g/mol. The van der Waals surface area contributed by atoms with Crippen LogP contribution in [0.15, 0.2) is 41.0 Å². The Labute approximate surface area is 111 Å². The van der Waals surface area contributed by atoms with Gasteiger partial charge in [-0.25, -0.2) is 0 Å². The molecule has 1 aromatic heterocycles. The second-order valence-electron chi connectivity index (χ2n) is 4.95. The summed E-state index contributed by atoms with van der Waals surface area (Å²) in [5, 5.41) is 11.6. The van der Waals surface area contributed by atoms with Crippen molar-refractivity contribution in [3.63, 3.8) is 0 Å². The lowest BCUT2D eigenvalue weighted by Crippen LogP contribution is -2.32. The third-order valence-corrected chi connectivity index (χ3v) is 3.86. The molecule has 1 aliphatic carbocycles. The standard InChI is InChI=1S/C15H15ClO2/c16-12-4-1-3-11(9-12)10-15(17)7-2-5-14-13(15)6-8-18-14/h1,3-4,6,8-9,17H,2,5,7,10H2. The largest absolute Gasteiger partial charge is 0.469 e. The molecule has 0 saturated heterocycles. The van der Waals surface area contributed by atoms with E-state index in [4.69, 9.17) is 16.0 Å². The first-order valence-electron chi connectivity index (χ1n) is 6.21. The Balaban J connectivity index is 1.93. The summed E-state index contributed by atoms with van der Waals surface area (Å²) >= 11 is 5.99. The van der Waals surface area contributed by atoms with Gasteiger partial charge in [-0.05, 0) is 36.6 Å². The number of benzene rings is 1. The van der Waals surface area contributed by atoms with Crippen molar-refractivity contribution in [2.45, 2.75) is 31.3 Å². The van der Waals surface area contributed by atoms with E-state index in [2.05, 4.69) is 0 Å². The number of aliphatic hydroxyl groups is 1. The van der Waals surface area contributed by atoms with Crippen LogP contribution >= 0.6 is 11.6 Å². The fourth-order valence-corrected chi connectivity index (χ4v) is 3.01. The number of hydrogen-bond acceptors (Lipinski definition) is 2. The zero-order valence-electron chi connectivity index (χ0n) is 10.0. The van der Waals surface area contributed by atoms with Gasteiger partial charge < -0.3 is 9.52 Å². The molecule has 1 atom stereocenters. The molecule has 0 fully saturated rings. The van der Waals surface area contributed by atoms with Gasteiger partial charge in [0.15, 0.2) is 0 Å². The Kier molecular flexibility index (Phi) is 2.92. The van der Waals surface area contributed by atoms with E-state index in [1.807, 2.05) is 30.3 Å². The van der Waals surface area contributed by atoms with Crippen molar-refractivity contribution >= 4 is 11.6 Å². The van der Waals surface area contributed by atoms with Crippen LogP contribution in [0.5, 0.6) is 0 Å². The molecule has 1 aromatic carbocycles. The van der Waals surface area contributed by atoms with Crippen molar-refractivity contribution in [3.05, 3.63) is 58.5 Å². The van der Waals surface area contributed by atoms with E-state index in [0.29, 0.717) is 11.4 Å². The number of furan rings is 1. The fourth-order valence-electron chi connectivity index (χ4n) is 2.79. The number of fused-ring (bicyclic) bond motifs is 1. The molecule has 0 amide bonds. The first kappa shape index (κ1) is 11.8. The summed E-state index contributed by atoms with van der Waals surface area (Å²) in [6.45, 7) is 0. The molecule has 0 bridgehead atoms. The van der Waals surface area contributed by atoms with E-state index in [-0.39, 0.29) is 0 Å². The van der Waals surface area contributed by atoms with Gasteiger partial charge >= 0.3 is 0 Å². The monoisotopic (exact) mass is 262 g/mol. The van der Waals surface area contributed by atoms with Crippen LogP contribution in [-0.4, -0.2) is 5.11 Å². The van der Waals surface area contributed by atoms with Crippen LogP contribution < -0.4 is 0 Å². The van der Waals surface area contributed by atoms with Gasteiger partial charge in [-0.2, -0.15) is 0 Å². The number of aryl methyl sites for hydroxylation is 1. The van der Waals surface area contributed by atoms with E-state index in [0.717, 1.165) is 36.1 Å².